The minimum absolute atomic E-state index is 0.450. The molecule has 14 nitrogen and oxygen atoms in total. The van der Waals surface area contributed by atoms with E-state index < -0.39 is 73.9 Å². The molecular weight excluding hydrogens is 388 g/mol. The molecule has 1 heterocycles. The van der Waals surface area contributed by atoms with E-state index in [9.17, 15) is 30.0 Å². The molecule has 4 unspecified atom stereocenters. The number of ether oxygens (including phenoxy) is 3. The molecule has 1 fully saturated rings. The number of nitrogens with two attached hydrogens (primary N) is 1. The molecule has 1 aliphatic heterocycles. The first-order valence-corrected chi connectivity index (χ1v) is 7.99. The molecule has 10 N–H and O–H groups in total. The lowest BCUT2D eigenvalue weighted by atomic mass is 10.00. The number of cyclic esters (lactones) is 1. The molecule has 0 aromatic heterocycles. The van der Waals surface area contributed by atoms with Crippen LogP contribution in [0.1, 0.15) is 0 Å². The molecule has 0 aromatic rings. The van der Waals surface area contributed by atoms with E-state index >= 15 is 0 Å². The van der Waals surface area contributed by atoms with Crippen LogP contribution in [0.2, 0.25) is 0 Å². The van der Waals surface area contributed by atoms with Crippen molar-refractivity contribution in [3.8, 4) is 0 Å². The molecule has 1 aliphatic rings. The van der Waals surface area contributed by atoms with E-state index in [0.717, 1.165) is 7.11 Å². The standard InChI is InChI=1S/C7H16N2O6.C7H12O6/c1-15-6(3(11)2-10)4(12)5(13)7(14)9-8;1-12-6-3(2-8)13-7(11)5(10)4(6)9/h3-6,10-13H,2,8H2,1H3,(H,9,14);3-6,8-10H,2H2,1H3/t2*3?,4-,5?,6-/m11/s1. The number of hydrogen-bond acceptors (Lipinski definition) is 13. The van der Waals surface area contributed by atoms with Crippen molar-refractivity contribution in [3.05, 3.63) is 0 Å². The number of carbonyl (C=O) groups excluding carboxylic acids is 2. The summed E-state index contributed by atoms with van der Waals surface area (Å²) in [6.07, 6.45) is -11.0. The third-order valence-corrected chi connectivity index (χ3v) is 3.90. The highest BCUT2D eigenvalue weighted by Crippen LogP contribution is 2.18. The summed E-state index contributed by atoms with van der Waals surface area (Å²) >= 11 is 0. The van der Waals surface area contributed by atoms with Crippen molar-refractivity contribution in [2.75, 3.05) is 27.4 Å². The summed E-state index contributed by atoms with van der Waals surface area (Å²) in [6.45, 7) is -1.12. The predicted molar refractivity (Wildman–Crippen MR) is 88.0 cm³/mol. The quantitative estimate of drug-likeness (QED) is 0.0774. The Morgan fingerprint density at radius 3 is 2.21 bits per heavy atom. The van der Waals surface area contributed by atoms with Gasteiger partial charge in [0.25, 0.3) is 5.91 Å². The van der Waals surface area contributed by atoms with Crippen LogP contribution in [0.25, 0.3) is 0 Å². The molecule has 14 heteroatoms. The molecular formula is C14H28N2O12. The Bertz CT molecular complexity index is 479. The molecule has 166 valence electrons. The summed E-state index contributed by atoms with van der Waals surface area (Å²) in [7, 11) is 2.45. The molecule has 28 heavy (non-hydrogen) atoms. The van der Waals surface area contributed by atoms with Gasteiger partial charge in [0, 0.05) is 14.2 Å². The summed E-state index contributed by atoms with van der Waals surface area (Å²) < 4.78 is 14.0. The van der Waals surface area contributed by atoms with Crippen molar-refractivity contribution in [2.24, 2.45) is 5.84 Å². The average molecular weight is 416 g/mol. The van der Waals surface area contributed by atoms with E-state index in [1.54, 1.807) is 5.43 Å². The Kier molecular flexibility index (Phi) is 12.2. The average Bonchev–Trinajstić information content (AvgIpc) is 2.71. The minimum atomic E-state index is -1.85. The van der Waals surface area contributed by atoms with Gasteiger partial charge in [-0.3, -0.25) is 10.2 Å². The van der Waals surface area contributed by atoms with Crippen LogP contribution in [-0.2, 0) is 23.8 Å². The predicted octanol–water partition coefficient (Wildman–Crippen LogP) is -6.29. The number of aliphatic hydroxyl groups is 7. The maximum Gasteiger partial charge on any atom is 0.338 e. The Balaban J connectivity index is 0.000000525. The van der Waals surface area contributed by atoms with E-state index in [1.807, 2.05) is 0 Å². The van der Waals surface area contributed by atoms with E-state index in [-0.39, 0.29) is 0 Å². The lowest BCUT2D eigenvalue weighted by Gasteiger charge is -2.35. The van der Waals surface area contributed by atoms with Crippen LogP contribution in [0.5, 0.6) is 0 Å². The number of carbonyl (C=O) groups is 2. The maximum atomic E-state index is 10.8. The van der Waals surface area contributed by atoms with Crippen LogP contribution < -0.4 is 11.3 Å². The smallest absolute Gasteiger partial charge is 0.338 e. The van der Waals surface area contributed by atoms with E-state index in [2.05, 4.69) is 9.47 Å². The lowest BCUT2D eigenvalue weighted by Crippen LogP contribution is -2.57. The second kappa shape index (κ2) is 12.9. The second-order valence-corrected chi connectivity index (χ2v) is 5.69. The normalized spacial score (nSPS) is 28.9. The van der Waals surface area contributed by atoms with Gasteiger partial charge < -0.3 is 50.0 Å². The summed E-state index contributed by atoms with van der Waals surface area (Å²) in [6, 6.07) is 0. The lowest BCUT2D eigenvalue weighted by molar-refractivity contribution is -0.211. The highest BCUT2D eigenvalue weighted by Gasteiger charge is 2.44. The van der Waals surface area contributed by atoms with Gasteiger partial charge in [0.05, 0.1) is 13.2 Å². The number of esters is 1. The number of rotatable bonds is 8. The molecule has 0 radical (unpaired) electrons. The SMILES string of the molecule is CO[C@@H]1C(CO)OC(=O)C(O)[C@H]1O.CO[C@H](C(O)CO)[C@H](O)C(O)C(=O)NN. The highest BCUT2D eigenvalue weighted by atomic mass is 16.6. The Morgan fingerprint density at radius 1 is 1.25 bits per heavy atom. The zero-order valence-corrected chi connectivity index (χ0v) is 15.3. The van der Waals surface area contributed by atoms with Crippen molar-refractivity contribution in [2.45, 2.75) is 48.8 Å². The van der Waals surface area contributed by atoms with Gasteiger partial charge in [-0.25, -0.2) is 10.6 Å². The molecule has 0 bridgehead atoms. The summed E-state index contributed by atoms with van der Waals surface area (Å²) in [5.41, 5.74) is 1.63. The van der Waals surface area contributed by atoms with Crippen molar-refractivity contribution < 1.29 is 59.5 Å². The molecule has 0 aliphatic carbocycles. The van der Waals surface area contributed by atoms with Gasteiger partial charge in [-0.1, -0.05) is 0 Å². The molecule has 1 amide bonds. The third-order valence-electron chi connectivity index (χ3n) is 3.90. The first-order valence-electron chi connectivity index (χ1n) is 7.99. The molecule has 0 saturated carbocycles. The van der Waals surface area contributed by atoms with Crippen LogP contribution >= 0.6 is 0 Å². The topological polar surface area (TPSA) is 241 Å². The zero-order valence-electron chi connectivity index (χ0n) is 15.3. The van der Waals surface area contributed by atoms with Crippen molar-refractivity contribution in [1.29, 1.82) is 0 Å². The Labute approximate surface area is 160 Å². The third kappa shape index (κ3) is 6.85. The monoisotopic (exact) mass is 416 g/mol. The molecule has 1 rings (SSSR count). The fraction of sp³-hybridized carbons (Fsp3) is 0.857. The first kappa shape index (κ1) is 26.5. The zero-order chi connectivity index (χ0) is 22.0. The van der Waals surface area contributed by atoms with Gasteiger partial charge in [0.2, 0.25) is 0 Å². The van der Waals surface area contributed by atoms with E-state index in [1.165, 1.54) is 7.11 Å². The fourth-order valence-corrected chi connectivity index (χ4v) is 2.31. The van der Waals surface area contributed by atoms with Gasteiger partial charge in [-0.05, 0) is 0 Å². The van der Waals surface area contributed by atoms with Crippen molar-refractivity contribution in [3.63, 3.8) is 0 Å². The molecule has 8 atom stereocenters. The Morgan fingerprint density at radius 2 is 1.82 bits per heavy atom. The number of nitrogens with one attached hydrogen (secondary N) is 1. The van der Waals surface area contributed by atoms with Crippen molar-refractivity contribution in [1.82, 2.24) is 5.43 Å². The number of amides is 1. The van der Waals surface area contributed by atoms with Gasteiger partial charge in [0.15, 0.2) is 18.3 Å². The first-order chi connectivity index (χ1) is 13.1. The summed E-state index contributed by atoms with van der Waals surface area (Å²) in [4.78, 5) is 21.7. The number of hydrogen-bond donors (Lipinski definition) is 9. The van der Waals surface area contributed by atoms with E-state index in [4.69, 9.17) is 25.9 Å². The van der Waals surface area contributed by atoms with Gasteiger partial charge in [-0.2, -0.15) is 0 Å². The van der Waals surface area contributed by atoms with Gasteiger partial charge in [-0.15, -0.1) is 0 Å². The van der Waals surface area contributed by atoms with Crippen LogP contribution in [0.15, 0.2) is 0 Å². The van der Waals surface area contributed by atoms with Crippen LogP contribution in [0.4, 0.5) is 0 Å². The highest BCUT2D eigenvalue weighted by molar-refractivity contribution is 5.80. The molecule has 1 saturated heterocycles. The number of aliphatic hydroxyl groups excluding tert-OH is 7. The minimum Gasteiger partial charge on any atom is -0.455 e. The summed E-state index contributed by atoms with van der Waals surface area (Å²) in [5, 5.41) is 63.6. The molecule has 0 spiro atoms. The Hall–Kier alpha value is -1.46. The largest absolute Gasteiger partial charge is 0.455 e. The maximum absolute atomic E-state index is 10.8. The summed E-state index contributed by atoms with van der Waals surface area (Å²) in [5.74, 6) is 2.77. The van der Waals surface area contributed by atoms with E-state index in [0.29, 0.717) is 0 Å². The number of methoxy groups -OCH3 is 2. The van der Waals surface area contributed by atoms with Crippen LogP contribution in [0, 0.1) is 0 Å². The van der Waals surface area contributed by atoms with Crippen molar-refractivity contribution >= 4 is 11.9 Å². The fourth-order valence-electron chi connectivity index (χ4n) is 2.31. The van der Waals surface area contributed by atoms with Crippen LogP contribution in [0.3, 0.4) is 0 Å². The van der Waals surface area contributed by atoms with Crippen LogP contribution in [-0.4, -0.2) is 124 Å². The van der Waals surface area contributed by atoms with Gasteiger partial charge in [0.1, 0.15) is 30.5 Å². The molecule has 0 aromatic carbocycles. The van der Waals surface area contributed by atoms with Gasteiger partial charge >= 0.3 is 5.97 Å². The second-order valence-electron chi connectivity index (χ2n) is 5.69. The number of hydrazine groups is 1.